The molecule has 1 aromatic heterocycles. The van der Waals surface area contributed by atoms with E-state index < -0.39 is 10.0 Å². The molecule has 0 bridgehead atoms. The van der Waals surface area contributed by atoms with Crippen molar-refractivity contribution >= 4 is 39.0 Å². The maximum absolute atomic E-state index is 13.3. The molecule has 1 aliphatic rings. The lowest BCUT2D eigenvalue weighted by Crippen LogP contribution is -2.49. The monoisotopic (exact) mass is 474 g/mol. The summed E-state index contributed by atoms with van der Waals surface area (Å²) in [5.74, 6) is 1.24. The normalized spacial score (nSPS) is 14.4. The van der Waals surface area contributed by atoms with Crippen LogP contribution in [-0.2, 0) is 14.8 Å². The van der Waals surface area contributed by atoms with Gasteiger partial charge >= 0.3 is 0 Å². The zero-order valence-electron chi connectivity index (χ0n) is 19.5. The SMILES string of the molecule is CC(=O)Nc1ccc(NS(C)(=O)=O)c(C(=O)N2CCN(c3cc(C)nc(C(C)C)n3)CC2)c1. The van der Waals surface area contributed by atoms with Gasteiger partial charge in [0.2, 0.25) is 15.9 Å². The standard InChI is InChI=1S/C22H30N6O4S/c1-14(2)21-23-15(3)12-20(25-21)27-8-10-28(11-9-27)22(30)18-13-17(24-16(4)29)6-7-19(18)26-33(5,31)32/h6-7,12-14,26H,8-11H2,1-5H3,(H,24,29). The van der Waals surface area contributed by atoms with Gasteiger partial charge in [-0.05, 0) is 25.1 Å². The fraction of sp³-hybridized carbons (Fsp3) is 0.455. The van der Waals surface area contributed by atoms with E-state index in [1.54, 1.807) is 11.0 Å². The molecular formula is C22H30N6O4S. The molecule has 1 saturated heterocycles. The second-order valence-electron chi connectivity index (χ2n) is 8.48. The lowest BCUT2D eigenvalue weighted by Gasteiger charge is -2.36. The van der Waals surface area contributed by atoms with E-state index in [1.165, 1.54) is 19.1 Å². The van der Waals surface area contributed by atoms with Crippen LogP contribution in [0.4, 0.5) is 17.2 Å². The van der Waals surface area contributed by atoms with Gasteiger partial charge in [0, 0.05) is 56.5 Å². The van der Waals surface area contributed by atoms with E-state index in [0.29, 0.717) is 31.9 Å². The Morgan fingerprint density at radius 1 is 1.06 bits per heavy atom. The summed E-state index contributed by atoms with van der Waals surface area (Å²) < 4.78 is 26.0. The zero-order chi connectivity index (χ0) is 24.3. The van der Waals surface area contributed by atoms with Crippen molar-refractivity contribution in [3.8, 4) is 0 Å². The highest BCUT2D eigenvalue weighted by molar-refractivity contribution is 7.92. The Balaban J connectivity index is 1.80. The van der Waals surface area contributed by atoms with Crippen LogP contribution in [0.3, 0.4) is 0 Å². The fourth-order valence-electron chi connectivity index (χ4n) is 3.59. The van der Waals surface area contributed by atoms with Gasteiger partial charge in [-0.1, -0.05) is 13.8 Å². The van der Waals surface area contributed by atoms with Crippen molar-refractivity contribution in [2.75, 3.05) is 47.4 Å². The highest BCUT2D eigenvalue weighted by Crippen LogP contribution is 2.25. The van der Waals surface area contributed by atoms with E-state index in [1.807, 2.05) is 26.8 Å². The number of carbonyl (C=O) groups is 2. The average molecular weight is 475 g/mol. The van der Waals surface area contributed by atoms with Gasteiger partial charge in [0.15, 0.2) is 0 Å². The summed E-state index contributed by atoms with van der Waals surface area (Å²) in [5.41, 5.74) is 1.67. The minimum absolute atomic E-state index is 0.173. The van der Waals surface area contributed by atoms with Crippen LogP contribution in [0.5, 0.6) is 0 Å². The Labute approximate surface area is 194 Å². The van der Waals surface area contributed by atoms with E-state index in [9.17, 15) is 18.0 Å². The number of benzene rings is 1. The minimum atomic E-state index is -3.59. The Hall–Kier alpha value is -3.21. The fourth-order valence-corrected chi connectivity index (χ4v) is 4.17. The topological polar surface area (TPSA) is 125 Å². The number of piperazine rings is 1. The third-order valence-corrected chi connectivity index (χ3v) is 5.72. The van der Waals surface area contributed by atoms with Crippen LogP contribution in [0.1, 0.15) is 48.6 Å². The van der Waals surface area contributed by atoms with Crippen LogP contribution in [0.25, 0.3) is 0 Å². The second-order valence-corrected chi connectivity index (χ2v) is 10.2. The number of anilines is 3. The molecule has 178 valence electrons. The van der Waals surface area contributed by atoms with E-state index in [2.05, 4.69) is 24.9 Å². The summed E-state index contributed by atoms with van der Waals surface area (Å²) >= 11 is 0. The number of sulfonamides is 1. The second kappa shape index (κ2) is 9.74. The maximum Gasteiger partial charge on any atom is 0.256 e. The number of hydrogen-bond acceptors (Lipinski definition) is 7. The van der Waals surface area contributed by atoms with Crippen LogP contribution >= 0.6 is 0 Å². The Morgan fingerprint density at radius 3 is 2.30 bits per heavy atom. The van der Waals surface area contributed by atoms with Gasteiger partial charge in [-0.25, -0.2) is 18.4 Å². The van der Waals surface area contributed by atoms with Crippen LogP contribution in [-0.4, -0.2) is 67.5 Å². The van der Waals surface area contributed by atoms with E-state index in [4.69, 9.17) is 0 Å². The van der Waals surface area contributed by atoms with Crippen LogP contribution < -0.4 is 14.9 Å². The first kappa shape index (κ1) is 24.4. The number of rotatable bonds is 6. The molecule has 0 radical (unpaired) electrons. The molecule has 33 heavy (non-hydrogen) atoms. The summed E-state index contributed by atoms with van der Waals surface area (Å²) in [6, 6.07) is 6.46. The Kier molecular flexibility index (Phi) is 7.21. The van der Waals surface area contributed by atoms with Crippen molar-refractivity contribution in [1.82, 2.24) is 14.9 Å². The molecular weight excluding hydrogens is 444 g/mol. The van der Waals surface area contributed by atoms with Crippen molar-refractivity contribution in [3.05, 3.63) is 41.3 Å². The molecule has 0 saturated carbocycles. The zero-order valence-corrected chi connectivity index (χ0v) is 20.4. The van der Waals surface area contributed by atoms with Crippen molar-refractivity contribution < 1.29 is 18.0 Å². The number of carbonyl (C=O) groups excluding carboxylic acids is 2. The number of aromatic nitrogens is 2. The molecule has 1 aromatic carbocycles. The summed E-state index contributed by atoms with van der Waals surface area (Å²) in [6.07, 6.45) is 1.02. The first-order valence-corrected chi connectivity index (χ1v) is 12.6. The van der Waals surface area contributed by atoms with Crippen LogP contribution in [0.15, 0.2) is 24.3 Å². The van der Waals surface area contributed by atoms with Crippen molar-refractivity contribution in [2.24, 2.45) is 0 Å². The summed E-state index contributed by atoms with van der Waals surface area (Å²) in [7, 11) is -3.59. The number of hydrogen-bond donors (Lipinski definition) is 2. The van der Waals surface area contributed by atoms with Gasteiger partial charge in [0.05, 0.1) is 17.5 Å². The smallest absolute Gasteiger partial charge is 0.256 e. The van der Waals surface area contributed by atoms with E-state index in [0.717, 1.165) is 23.6 Å². The highest BCUT2D eigenvalue weighted by Gasteiger charge is 2.26. The quantitative estimate of drug-likeness (QED) is 0.658. The molecule has 2 N–H and O–H groups in total. The summed E-state index contributed by atoms with van der Waals surface area (Å²) in [5, 5.41) is 2.63. The molecule has 10 nitrogen and oxygen atoms in total. The molecule has 0 aliphatic carbocycles. The maximum atomic E-state index is 13.3. The highest BCUT2D eigenvalue weighted by atomic mass is 32.2. The Bertz CT molecular complexity index is 1160. The summed E-state index contributed by atoms with van der Waals surface area (Å²) in [4.78, 5) is 37.7. The number of nitrogens with one attached hydrogen (secondary N) is 2. The third-order valence-electron chi connectivity index (χ3n) is 5.13. The number of nitrogens with zero attached hydrogens (tertiary/aromatic N) is 4. The van der Waals surface area contributed by atoms with Crippen molar-refractivity contribution in [1.29, 1.82) is 0 Å². The third kappa shape index (κ3) is 6.41. The van der Waals surface area contributed by atoms with E-state index >= 15 is 0 Å². The molecule has 2 heterocycles. The van der Waals surface area contributed by atoms with E-state index in [-0.39, 0.29) is 29.0 Å². The van der Waals surface area contributed by atoms with Crippen molar-refractivity contribution in [3.63, 3.8) is 0 Å². The largest absolute Gasteiger partial charge is 0.353 e. The van der Waals surface area contributed by atoms with Gasteiger partial charge in [-0.15, -0.1) is 0 Å². The minimum Gasteiger partial charge on any atom is -0.353 e. The molecule has 2 aromatic rings. The molecule has 3 rings (SSSR count). The molecule has 0 spiro atoms. The molecule has 11 heteroatoms. The van der Waals surface area contributed by atoms with Gasteiger partial charge < -0.3 is 15.1 Å². The molecule has 0 atom stereocenters. The average Bonchev–Trinajstić information content (AvgIpc) is 2.72. The molecule has 0 unspecified atom stereocenters. The van der Waals surface area contributed by atoms with Crippen molar-refractivity contribution in [2.45, 2.75) is 33.6 Å². The first-order valence-electron chi connectivity index (χ1n) is 10.7. The first-order chi connectivity index (χ1) is 15.4. The molecule has 2 amide bonds. The predicted octanol–water partition coefficient (Wildman–Crippen LogP) is 2.20. The van der Waals surface area contributed by atoms with Gasteiger partial charge in [-0.2, -0.15) is 0 Å². The van der Waals surface area contributed by atoms with Gasteiger partial charge in [0.25, 0.3) is 5.91 Å². The lowest BCUT2D eigenvalue weighted by atomic mass is 10.1. The Morgan fingerprint density at radius 2 is 1.73 bits per heavy atom. The molecule has 1 fully saturated rings. The van der Waals surface area contributed by atoms with Crippen LogP contribution in [0, 0.1) is 6.92 Å². The van der Waals surface area contributed by atoms with Gasteiger partial charge in [-0.3, -0.25) is 14.3 Å². The summed E-state index contributed by atoms with van der Waals surface area (Å²) in [6.45, 7) is 9.46. The number of amides is 2. The predicted molar refractivity (Wildman–Crippen MR) is 128 cm³/mol. The lowest BCUT2D eigenvalue weighted by molar-refractivity contribution is -0.114. The number of aryl methyl sites for hydroxylation is 1. The molecule has 1 aliphatic heterocycles. The van der Waals surface area contributed by atoms with Gasteiger partial charge in [0.1, 0.15) is 11.6 Å². The van der Waals surface area contributed by atoms with Crippen LogP contribution in [0.2, 0.25) is 0 Å².